The number of esters is 1. The van der Waals surface area contributed by atoms with Crippen molar-refractivity contribution in [2.24, 2.45) is 0 Å². The van der Waals surface area contributed by atoms with Gasteiger partial charge in [-0.25, -0.2) is 0 Å². The Morgan fingerprint density at radius 3 is 2.90 bits per heavy atom. The molecule has 0 saturated heterocycles. The first-order valence-corrected chi connectivity index (χ1v) is 7.74. The van der Waals surface area contributed by atoms with Gasteiger partial charge in [0.2, 0.25) is 5.89 Å². The van der Waals surface area contributed by atoms with E-state index in [-0.39, 0.29) is 18.6 Å². The first-order chi connectivity index (χ1) is 10.1. The zero-order valence-electron chi connectivity index (χ0n) is 12.4. The second-order valence-corrected chi connectivity index (χ2v) is 5.73. The smallest absolute Gasteiger partial charge is 0.320 e. The molecule has 0 atom stereocenters. The lowest BCUT2D eigenvalue weighted by Crippen LogP contribution is -2.36. The molecule has 114 valence electrons. The molecule has 7 heteroatoms. The van der Waals surface area contributed by atoms with Crippen LogP contribution in [0.1, 0.15) is 26.7 Å². The van der Waals surface area contributed by atoms with Gasteiger partial charge in [0.05, 0.1) is 24.6 Å². The maximum Gasteiger partial charge on any atom is 0.320 e. The number of hydrogen-bond donors (Lipinski definition) is 0. The summed E-state index contributed by atoms with van der Waals surface area (Å²) in [5, 5.41) is 10.0. The highest BCUT2D eigenvalue weighted by Crippen LogP contribution is 2.23. The van der Waals surface area contributed by atoms with Gasteiger partial charge in [-0.1, -0.05) is 6.07 Å². The molecule has 0 amide bonds. The van der Waals surface area contributed by atoms with Crippen LogP contribution < -0.4 is 0 Å². The molecule has 0 aliphatic heterocycles. The molecule has 6 nitrogen and oxygen atoms in total. The number of carbonyl (C=O) groups is 1. The van der Waals surface area contributed by atoms with E-state index in [1.807, 2.05) is 36.3 Å². The molecule has 0 aliphatic carbocycles. The fraction of sp³-hybridized carbons (Fsp3) is 0.500. The lowest BCUT2D eigenvalue weighted by molar-refractivity contribution is -0.145. The third-order valence-corrected chi connectivity index (χ3v) is 3.76. The Hall–Kier alpha value is -1.73. The highest BCUT2D eigenvalue weighted by Gasteiger charge is 2.19. The second kappa shape index (κ2) is 7.33. The van der Waals surface area contributed by atoms with Crippen LogP contribution in [0.2, 0.25) is 0 Å². The van der Waals surface area contributed by atoms with Gasteiger partial charge >= 0.3 is 5.97 Å². The van der Waals surface area contributed by atoms with Gasteiger partial charge in [-0.2, -0.15) is 0 Å². The van der Waals surface area contributed by atoms with Crippen LogP contribution in [0, 0.1) is 0 Å². The fourth-order valence-corrected chi connectivity index (χ4v) is 2.43. The molecule has 0 fully saturated rings. The normalized spacial score (nSPS) is 11.3. The minimum Gasteiger partial charge on any atom is -0.465 e. The molecular weight excluding hydrogens is 290 g/mol. The van der Waals surface area contributed by atoms with Crippen LogP contribution >= 0.6 is 11.3 Å². The molecule has 2 heterocycles. The Morgan fingerprint density at radius 1 is 1.48 bits per heavy atom. The molecule has 0 spiro atoms. The van der Waals surface area contributed by atoms with E-state index in [1.54, 1.807) is 18.3 Å². The maximum absolute atomic E-state index is 11.6. The van der Waals surface area contributed by atoms with Gasteiger partial charge in [0.15, 0.2) is 0 Å². The van der Waals surface area contributed by atoms with Crippen molar-refractivity contribution in [2.45, 2.75) is 33.4 Å². The van der Waals surface area contributed by atoms with Gasteiger partial charge in [-0.15, -0.1) is 21.5 Å². The number of thiophene rings is 1. The second-order valence-electron chi connectivity index (χ2n) is 4.78. The van der Waals surface area contributed by atoms with Gasteiger partial charge < -0.3 is 9.15 Å². The van der Waals surface area contributed by atoms with Gasteiger partial charge in [0.25, 0.3) is 5.89 Å². The van der Waals surface area contributed by atoms with Crippen LogP contribution in [-0.2, 0) is 16.1 Å². The highest BCUT2D eigenvalue weighted by atomic mass is 32.1. The molecule has 2 aromatic heterocycles. The van der Waals surface area contributed by atoms with Crippen molar-refractivity contribution in [3.05, 3.63) is 23.4 Å². The van der Waals surface area contributed by atoms with Crippen LogP contribution in [0.25, 0.3) is 10.8 Å². The van der Waals surface area contributed by atoms with E-state index in [9.17, 15) is 4.79 Å². The van der Waals surface area contributed by atoms with Crippen molar-refractivity contribution >= 4 is 17.3 Å². The first kappa shape index (κ1) is 15.7. The van der Waals surface area contributed by atoms with Crippen molar-refractivity contribution in [2.75, 3.05) is 13.2 Å². The average Bonchev–Trinajstić information content (AvgIpc) is 3.08. The highest BCUT2D eigenvalue weighted by molar-refractivity contribution is 7.13. The molecule has 0 aliphatic rings. The quantitative estimate of drug-likeness (QED) is 0.732. The summed E-state index contributed by atoms with van der Waals surface area (Å²) in [7, 11) is 0. The van der Waals surface area contributed by atoms with Crippen molar-refractivity contribution in [1.82, 2.24) is 15.1 Å². The van der Waals surface area contributed by atoms with E-state index in [1.165, 1.54) is 0 Å². The predicted molar refractivity (Wildman–Crippen MR) is 79.8 cm³/mol. The van der Waals surface area contributed by atoms with E-state index < -0.39 is 0 Å². The standard InChI is InChI=1S/C14H19N3O3S/c1-4-19-13(18)9-17(10(2)3)8-12-15-16-14(20-12)11-6-5-7-21-11/h5-7,10H,4,8-9H2,1-3H3. The Bertz CT molecular complexity index is 566. The lowest BCUT2D eigenvalue weighted by Gasteiger charge is -2.23. The third kappa shape index (κ3) is 4.37. The van der Waals surface area contributed by atoms with Crippen LogP contribution in [0.3, 0.4) is 0 Å². The number of nitrogens with zero attached hydrogens (tertiary/aromatic N) is 3. The molecule has 0 radical (unpaired) electrons. The molecule has 0 aromatic carbocycles. The zero-order chi connectivity index (χ0) is 15.2. The first-order valence-electron chi connectivity index (χ1n) is 6.86. The van der Waals surface area contributed by atoms with Gasteiger partial charge in [0.1, 0.15) is 0 Å². The van der Waals surface area contributed by atoms with Gasteiger partial charge in [0, 0.05) is 6.04 Å². The largest absolute Gasteiger partial charge is 0.465 e. The minimum atomic E-state index is -0.246. The Balaban J connectivity index is 2.02. The summed E-state index contributed by atoms with van der Waals surface area (Å²) in [5.74, 6) is 0.764. The Kier molecular flexibility index (Phi) is 5.46. The van der Waals surface area contributed by atoms with E-state index in [0.717, 1.165) is 4.88 Å². The fourth-order valence-electron chi connectivity index (χ4n) is 1.78. The molecule has 0 N–H and O–H groups in total. The van der Waals surface area contributed by atoms with E-state index in [0.29, 0.717) is 24.9 Å². The van der Waals surface area contributed by atoms with Crippen LogP contribution in [0.4, 0.5) is 0 Å². The number of ether oxygens (including phenoxy) is 1. The molecule has 2 aromatic rings. The average molecular weight is 309 g/mol. The third-order valence-electron chi connectivity index (χ3n) is 2.90. The van der Waals surface area contributed by atoms with Gasteiger partial charge in [-0.3, -0.25) is 9.69 Å². The van der Waals surface area contributed by atoms with E-state index in [2.05, 4.69) is 10.2 Å². The number of carbonyl (C=O) groups excluding carboxylic acids is 1. The van der Waals surface area contributed by atoms with Crippen molar-refractivity contribution in [1.29, 1.82) is 0 Å². The number of rotatable bonds is 7. The monoisotopic (exact) mass is 309 g/mol. The maximum atomic E-state index is 11.6. The Morgan fingerprint density at radius 2 is 2.29 bits per heavy atom. The molecule has 0 saturated carbocycles. The molecular formula is C14H19N3O3S. The van der Waals surface area contributed by atoms with Crippen LogP contribution in [-0.4, -0.2) is 40.3 Å². The van der Waals surface area contributed by atoms with Crippen LogP contribution in [0.15, 0.2) is 21.9 Å². The molecule has 0 bridgehead atoms. The molecule has 0 unspecified atom stereocenters. The summed E-state index contributed by atoms with van der Waals surface area (Å²) in [4.78, 5) is 14.5. The summed E-state index contributed by atoms with van der Waals surface area (Å²) >= 11 is 1.55. The summed E-state index contributed by atoms with van der Waals surface area (Å²) in [6.45, 7) is 6.83. The number of hydrogen-bond acceptors (Lipinski definition) is 7. The summed E-state index contributed by atoms with van der Waals surface area (Å²) in [6, 6.07) is 4.04. The van der Waals surface area contributed by atoms with E-state index >= 15 is 0 Å². The zero-order valence-corrected chi connectivity index (χ0v) is 13.2. The summed E-state index contributed by atoms with van der Waals surface area (Å²) < 4.78 is 10.6. The SMILES string of the molecule is CCOC(=O)CN(Cc1nnc(-c2cccs2)o1)C(C)C. The van der Waals surface area contributed by atoms with Crippen LogP contribution in [0.5, 0.6) is 0 Å². The predicted octanol–water partition coefficient (Wildman–Crippen LogP) is 2.57. The van der Waals surface area contributed by atoms with Crippen molar-refractivity contribution in [3.8, 4) is 10.8 Å². The number of aromatic nitrogens is 2. The Labute approximate surface area is 127 Å². The molecule has 2 rings (SSSR count). The molecule has 21 heavy (non-hydrogen) atoms. The summed E-state index contributed by atoms with van der Waals surface area (Å²) in [5.41, 5.74) is 0. The topological polar surface area (TPSA) is 68.5 Å². The van der Waals surface area contributed by atoms with Crippen molar-refractivity contribution in [3.63, 3.8) is 0 Å². The minimum absolute atomic E-state index is 0.173. The van der Waals surface area contributed by atoms with Crippen molar-refractivity contribution < 1.29 is 13.9 Å². The van der Waals surface area contributed by atoms with E-state index in [4.69, 9.17) is 9.15 Å². The summed E-state index contributed by atoms with van der Waals surface area (Å²) in [6.07, 6.45) is 0. The lowest BCUT2D eigenvalue weighted by atomic mass is 10.3. The van der Waals surface area contributed by atoms with Gasteiger partial charge in [-0.05, 0) is 32.2 Å².